The van der Waals surface area contributed by atoms with Crippen molar-refractivity contribution in [3.05, 3.63) is 37.4 Å². The molecule has 0 bridgehead atoms. The molecule has 5 nitrogen and oxygen atoms in total. The SMILES string of the molecule is Cl.N=C(c1cc(I)cc([N+](=O)[O-])c1)N1CCCCCC1. The largest absolute Gasteiger partial charge is 0.357 e. The van der Waals surface area contributed by atoms with Crippen molar-refractivity contribution in [1.82, 2.24) is 4.90 Å². The number of non-ortho nitro benzene ring substituents is 1. The molecule has 1 aliphatic heterocycles. The van der Waals surface area contributed by atoms with Crippen molar-refractivity contribution < 1.29 is 4.92 Å². The van der Waals surface area contributed by atoms with E-state index in [4.69, 9.17) is 5.41 Å². The van der Waals surface area contributed by atoms with Gasteiger partial charge in [-0.2, -0.15) is 0 Å². The van der Waals surface area contributed by atoms with Crippen LogP contribution in [-0.2, 0) is 0 Å². The van der Waals surface area contributed by atoms with Crippen molar-refractivity contribution in [3.8, 4) is 0 Å². The molecule has 0 aromatic heterocycles. The van der Waals surface area contributed by atoms with Crippen LogP contribution in [0, 0.1) is 19.1 Å². The molecule has 0 spiro atoms. The van der Waals surface area contributed by atoms with Crippen LogP contribution >= 0.6 is 35.0 Å². The number of nitro groups is 1. The van der Waals surface area contributed by atoms with Gasteiger partial charge >= 0.3 is 0 Å². The number of likely N-dealkylation sites (tertiary alicyclic amines) is 1. The zero-order valence-electron chi connectivity index (χ0n) is 11.0. The number of halogens is 2. The summed E-state index contributed by atoms with van der Waals surface area (Å²) in [5.41, 5.74) is 0.696. The summed E-state index contributed by atoms with van der Waals surface area (Å²) in [6.07, 6.45) is 4.59. The summed E-state index contributed by atoms with van der Waals surface area (Å²) in [7, 11) is 0. The van der Waals surface area contributed by atoms with E-state index < -0.39 is 4.92 Å². The van der Waals surface area contributed by atoms with Crippen molar-refractivity contribution in [3.63, 3.8) is 0 Å². The lowest BCUT2D eigenvalue weighted by atomic mass is 10.1. The van der Waals surface area contributed by atoms with E-state index in [1.807, 2.05) is 11.0 Å². The Labute approximate surface area is 137 Å². The first-order valence-corrected chi connectivity index (χ1v) is 7.44. The van der Waals surface area contributed by atoms with Crippen LogP contribution in [0.2, 0.25) is 0 Å². The maximum Gasteiger partial charge on any atom is 0.271 e. The zero-order valence-corrected chi connectivity index (χ0v) is 13.9. The van der Waals surface area contributed by atoms with Crippen molar-refractivity contribution >= 4 is 46.5 Å². The monoisotopic (exact) mass is 409 g/mol. The maximum atomic E-state index is 10.9. The highest BCUT2D eigenvalue weighted by atomic mass is 127. The minimum absolute atomic E-state index is 0. The first-order valence-electron chi connectivity index (χ1n) is 6.37. The van der Waals surface area contributed by atoms with Gasteiger partial charge in [0.05, 0.1) is 4.92 Å². The predicted octanol–water partition coefficient (Wildman–Crippen LogP) is 3.82. The van der Waals surface area contributed by atoms with Crippen LogP contribution in [0.25, 0.3) is 0 Å². The van der Waals surface area contributed by atoms with Crippen molar-refractivity contribution in [2.75, 3.05) is 13.1 Å². The smallest absolute Gasteiger partial charge is 0.271 e. The van der Waals surface area contributed by atoms with Gasteiger partial charge < -0.3 is 4.90 Å². The standard InChI is InChI=1S/C13H16IN3O2.ClH/c14-11-7-10(8-12(9-11)17(18)19)13(15)16-5-3-1-2-4-6-16;/h7-9,15H,1-6H2;1H. The van der Waals surface area contributed by atoms with Gasteiger partial charge in [0, 0.05) is 34.4 Å². The fourth-order valence-corrected chi connectivity index (χ4v) is 2.95. The highest BCUT2D eigenvalue weighted by molar-refractivity contribution is 14.1. The van der Waals surface area contributed by atoms with Gasteiger partial charge in [-0.15, -0.1) is 12.4 Å². The molecule has 0 radical (unpaired) electrons. The summed E-state index contributed by atoms with van der Waals surface area (Å²) in [5, 5.41) is 19.1. The molecule has 1 aromatic rings. The molecule has 1 N–H and O–H groups in total. The van der Waals surface area contributed by atoms with Gasteiger partial charge in [-0.05, 0) is 41.5 Å². The van der Waals surface area contributed by atoms with Crippen LogP contribution in [0.5, 0.6) is 0 Å². The van der Waals surface area contributed by atoms with E-state index in [9.17, 15) is 10.1 Å². The van der Waals surface area contributed by atoms with Gasteiger partial charge in [-0.25, -0.2) is 0 Å². The van der Waals surface area contributed by atoms with E-state index in [0.717, 1.165) is 29.5 Å². The van der Waals surface area contributed by atoms with E-state index in [2.05, 4.69) is 22.6 Å². The number of nitro benzene ring substituents is 1. The first kappa shape index (κ1) is 17.2. The average molecular weight is 410 g/mol. The van der Waals surface area contributed by atoms with Crippen LogP contribution in [0.3, 0.4) is 0 Å². The molecule has 0 aliphatic carbocycles. The van der Waals surface area contributed by atoms with E-state index in [1.165, 1.54) is 25.0 Å². The Hall–Kier alpha value is -0.890. The molecule has 0 atom stereocenters. The molecular formula is C13H17ClIN3O2. The van der Waals surface area contributed by atoms with Crippen LogP contribution < -0.4 is 0 Å². The van der Waals surface area contributed by atoms with Crippen LogP contribution in [0.4, 0.5) is 5.69 Å². The van der Waals surface area contributed by atoms with E-state index >= 15 is 0 Å². The van der Waals surface area contributed by atoms with Crippen LogP contribution in [0.15, 0.2) is 18.2 Å². The summed E-state index contributed by atoms with van der Waals surface area (Å²) in [6.45, 7) is 1.75. The number of hydrogen-bond acceptors (Lipinski definition) is 3. The molecule has 110 valence electrons. The highest BCUT2D eigenvalue weighted by Crippen LogP contribution is 2.21. The third-order valence-electron chi connectivity index (χ3n) is 3.29. The first-order chi connectivity index (χ1) is 9.08. The van der Waals surface area contributed by atoms with Gasteiger partial charge in [0.15, 0.2) is 0 Å². The zero-order chi connectivity index (χ0) is 13.8. The second kappa shape index (κ2) is 7.78. The summed E-state index contributed by atoms with van der Waals surface area (Å²) in [4.78, 5) is 12.5. The molecule has 1 saturated heterocycles. The molecule has 1 heterocycles. The van der Waals surface area contributed by atoms with Crippen molar-refractivity contribution in [2.45, 2.75) is 25.7 Å². The lowest BCUT2D eigenvalue weighted by Crippen LogP contribution is -2.31. The van der Waals surface area contributed by atoms with Gasteiger partial charge in [-0.1, -0.05) is 12.8 Å². The molecule has 1 fully saturated rings. The van der Waals surface area contributed by atoms with E-state index in [1.54, 1.807) is 0 Å². The molecule has 0 unspecified atom stereocenters. The van der Waals surface area contributed by atoms with E-state index in [0.29, 0.717) is 11.4 Å². The lowest BCUT2D eigenvalue weighted by molar-refractivity contribution is -0.385. The summed E-state index contributed by atoms with van der Waals surface area (Å²) in [5.74, 6) is 0.406. The third kappa shape index (κ3) is 4.31. The number of nitrogens with zero attached hydrogens (tertiary/aromatic N) is 2. The molecule has 1 aromatic carbocycles. The Morgan fingerprint density at radius 1 is 1.20 bits per heavy atom. The third-order valence-corrected chi connectivity index (χ3v) is 3.91. The van der Waals surface area contributed by atoms with Crippen LogP contribution in [0.1, 0.15) is 31.2 Å². The summed E-state index contributed by atoms with van der Waals surface area (Å²) >= 11 is 2.06. The Balaban J connectivity index is 0.00000200. The number of rotatable bonds is 2. The molecular weight excluding hydrogens is 393 g/mol. The fraction of sp³-hybridized carbons (Fsp3) is 0.462. The van der Waals surface area contributed by atoms with Gasteiger partial charge in [0.2, 0.25) is 0 Å². The Morgan fingerprint density at radius 3 is 2.35 bits per heavy atom. The average Bonchev–Trinajstić information content (AvgIpc) is 2.65. The Kier molecular flexibility index (Phi) is 6.67. The minimum atomic E-state index is -0.401. The van der Waals surface area contributed by atoms with Crippen LogP contribution in [-0.4, -0.2) is 28.7 Å². The Bertz CT molecular complexity index is 502. The van der Waals surface area contributed by atoms with Gasteiger partial charge in [0.25, 0.3) is 5.69 Å². The molecule has 0 saturated carbocycles. The normalized spacial score (nSPS) is 15.2. The van der Waals surface area contributed by atoms with Gasteiger partial charge in [-0.3, -0.25) is 15.5 Å². The number of nitrogens with one attached hydrogen (secondary N) is 1. The highest BCUT2D eigenvalue weighted by Gasteiger charge is 2.17. The maximum absolute atomic E-state index is 10.9. The second-order valence-corrected chi connectivity index (χ2v) is 5.95. The lowest BCUT2D eigenvalue weighted by Gasteiger charge is -2.23. The van der Waals surface area contributed by atoms with E-state index in [-0.39, 0.29) is 18.1 Å². The number of amidine groups is 1. The van der Waals surface area contributed by atoms with Crippen molar-refractivity contribution in [2.24, 2.45) is 0 Å². The van der Waals surface area contributed by atoms with Crippen molar-refractivity contribution in [1.29, 1.82) is 5.41 Å². The molecule has 7 heteroatoms. The molecule has 2 rings (SSSR count). The number of hydrogen-bond donors (Lipinski definition) is 1. The predicted molar refractivity (Wildman–Crippen MR) is 89.9 cm³/mol. The Morgan fingerprint density at radius 2 is 1.80 bits per heavy atom. The molecule has 0 amide bonds. The molecule has 20 heavy (non-hydrogen) atoms. The minimum Gasteiger partial charge on any atom is -0.357 e. The summed E-state index contributed by atoms with van der Waals surface area (Å²) < 4.78 is 0.793. The molecule has 1 aliphatic rings. The summed E-state index contributed by atoms with van der Waals surface area (Å²) in [6, 6.07) is 4.86. The second-order valence-electron chi connectivity index (χ2n) is 4.71. The topological polar surface area (TPSA) is 70.2 Å². The quantitative estimate of drug-likeness (QED) is 0.265. The number of benzene rings is 1. The fourth-order valence-electron chi connectivity index (χ4n) is 2.29. The van der Waals surface area contributed by atoms with Gasteiger partial charge in [0.1, 0.15) is 5.84 Å².